The van der Waals surface area contributed by atoms with Gasteiger partial charge in [-0.25, -0.2) is 4.79 Å². The van der Waals surface area contributed by atoms with Crippen molar-refractivity contribution in [1.29, 1.82) is 0 Å². The number of hydrogen-bond acceptors (Lipinski definition) is 3. The number of ether oxygens (including phenoxy) is 1. The number of amides is 1. The lowest BCUT2D eigenvalue weighted by atomic mass is 9.99. The summed E-state index contributed by atoms with van der Waals surface area (Å²) < 4.78 is 5.20. The van der Waals surface area contributed by atoms with Crippen molar-refractivity contribution in [2.24, 2.45) is 0 Å². The van der Waals surface area contributed by atoms with Crippen LogP contribution < -0.4 is 15.4 Å². The van der Waals surface area contributed by atoms with E-state index in [9.17, 15) is 4.79 Å². The van der Waals surface area contributed by atoms with Crippen molar-refractivity contribution in [1.82, 2.24) is 10.6 Å². The van der Waals surface area contributed by atoms with Crippen molar-refractivity contribution < 1.29 is 9.53 Å². The van der Waals surface area contributed by atoms with Crippen LogP contribution in [0, 0.1) is 0 Å². The lowest BCUT2D eigenvalue weighted by Crippen LogP contribution is -2.50. The number of carbonyl (C=O) groups excluding carboxylic acids is 1. The van der Waals surface area contributed by atoms with Gasteiger partial charge in [-0.15, -0.1) is 0 Å². The summed E-state index contributed by atoms with van der Waals surface area (Å²) in [7, 11) is 0. The molecule has 0 bridgehead atoms. The Labute approximate surface area is 108 Å². The number of piperidine rings is 1. The van der Waals surface area contributed by atoms with E-state index in [4.69, 9.17) is 4.74 Å². The second kappa shape index (κ2) is 6.40. The quantitative estimate of drug-likeness (QED) is 0.863. The van der Waals surface area contributed by atoms with E-state index in [0.717, 1.165) is 13.0 Å². The van der Waals surface area contributed by atoms with Crippen LogP contribution in [-0.2, 0) is 0 Å². The first-order valence-electron chi connectivity index (χ1n) is 6.52. The van der Waals surface area contributed by atoms with E-state index in [1.54, 1.807) is 12.1 Å². The standard InChI is InChI=1S/C14H20N2O2/c1-11(13-9-5-6-10-15-13)16-14(17)18-12-7-3-2-4-8-12/h2-4,7-8,11,13,15H,5-6,9-10H2,1H3,(H,16,17). The molecule has 0 saturated carbocycles. The molecule has 4 heteroatoms. The third-order valence-electron chi connectivity index (χ3n) is 3.25. The van der Waals surface area contributed by atoms with Gasteiger partial charge in [-0.1, -0.05) is 24.6 Å². The molecule has 0 radical (unpaired) electrons. The predicted octanol–water partition coefficient (Wildman–Crippen LogP) is 2.31. The van der Waals surface area contributed by atoms with Gasteiger partial charge in [0.15, 0.2) is 0 Å². The number of rotatable bonds is 3. The van der Waals surface area contributed by atoms with Gasteiger partial charge in [-0.3, -0.25) is 0 Å². The van der Waals surface area contributed by atoms with Gasteiger partial charge < -0.3 is 15.4 Å². The lowest BCUT2D eigenvalue weighted by molar-refractivity contribution is 0.191. The third kappa shape index (κ3) is 3.74. The minimum absolute atomic E-state index is 0.0847. The molecule has 2 unspecified atom stereocenters. The molecule has 1 heterocycles. The zero-order chi connectivity index (χ0) is 12.8. The fraction of sp³-hybridized carbons (Fsp3) is 0.500. The topological polar surface area (TPSA) is 50.4 Å². The summed E-state index contributed by atoms with van der Waals surface area (Å²) in [6.07, 6.45) is 3.16. The fourth-order valence-electron chi connectivity index (χ4n) is 2.22. The van der Waals surface area contributed by atoms with Gasteiger partial charge in [-0.05, 0) is 38.4 Å². The van der Waals surface area contributed by atoms with Gasteiger partial charge in [0, 0.05) is 12.1 Å². The zero-order valence-corrected chi connectivity index (χ0v) is 10.7. The second-order valence-corrected chi connectivity index (χ2v) is 4.69. The Hall–Kier alpha value is -1.55. The highest BCUT2D eigenvalue weighted by Gasteiger charge is 2.21. The third-order valence-corrected chi connectivity index (χ3v) is 3.25. The molecular formula is C14H20N2O2. The van der Waals surface area contributed by atoms with E-state index in [1.165, 1.54) is 12.8 Å². The van der Waals surface area contributed by atoms with Crippen LogP contribution in [0.15, 0.2) is 30.3 Å². The number of carbonyl (C=O) groups is 1. The molecular weight excluding hydrogens is 228 g/mol. The van der Waals surface area contributed by atoms with Crippen LogP contribution in [0.1, 0.15) is 26.2 Å². The molecule has 0 aromatic heterocycles. The molecule has 18 heavy (non-hydrogen) atoms. The Bertz CT molecular complexity index is 375. The smallest absolute Gasteiger partial charge is 0.410 e. The number of para-hydroxylation sites is 1. The molecule has 0 spiro atoms. The Balaban J connectivity index is 1.79. The van der Waals surface area contributed by atoms with Crippen molar-refractivity contribution >= 4 is 6.09 Å². The lowest BCUT2D eigenvalue weighted by Gasteiger charge is -2.29. The van der Waals surface area contributed by atoms with E-state index >= 15 is 0 Å². The molecule has 1 aliphatic rings. The van der Waals surface area contributed by atoms with Gasteiger partial charge in [0.2, 0.25) is 0 Å². The summed E-state index contributed by atoms with van der Waals surface area (Å²) in [5.41, 5.74) is 0. The molecule has 1 saturated heterocycles. The Morgan fingerprint density at radius 3 is 2.83 bits per heavy atom. The van der Waals surface area contributed by atoms with E-state index in [0.29, 0.717) is 11.8 Å². The van der Waals surface area contributed by atoms with E-state index in [-0.39, 0.29) is 12.1 Å². The van der Waals surface area contributed by atoms with Crippen molar-refractivity contribution in [3.8, 4) is 5.75 Å². The molecule has 1 aliphatic heterocycles. The maximum Gasteiger partial charge on any atom is 0.412 e. The first kappa shape index (κ1) is 12.9. The highest BCUT2D eigenvalue weighted by atomic mass is 16.6. The minimum Gasteiger partial charge on any atom is -0.410 e. The summed E-state index contributed by atoms with van der Waals surface area (Å²) in [5.74, 6) is 0.568. The SMILES string of the molecule is CC(NC(=O)Oc1ccccc1)C1CCCCN1. The van der Waals surface area contributed by atoms with Gasteiger partial charge in [-0.2, -0.15) is 0 Å². The molecule has 98 valence electrons. The van der Waals surface area contributed by atoms with Crippen molar-refractivity contribution in [3.05, 3.63) is 30.3 Å². The Morgan fingerprint density at radius 2 is 2.17 bits per heavy atom. The largest absolute Gasteiger partial charge is 0.412 e. The van der Waals surface area contributed by atoms with Crippen LogP contribution in [0.4, 0.5) is 4.79 Å². The molecule has 1 fully saturated rings. The highest BCUT2D eigenvalue weighted by Crippen LogP contribution is 2.11. The van der Waals surface area contributed by atoms with E-state index in [1.807, 2.05) is 25.1 Å². The van der Waals surface area contributed by atoms with Crippen LogP contribution in [-0.4, -0.2) is 24.7 Å². The molecule has 2 atom stereocenters. The maximum absolute atomic E-state index is 11.7. The van der Waals surface area contributed by atoms with E-state index < -0.39 is 0 Å². The Morgan fingerprint density at radius 1 is 1.39 bits per heavy atom. The van der Waals surface area contributed by atoms with Crippen molar-refractivity contribution in [2.75, 3.05) is 6.54 Å². The number of benzene rings is 1. The van der Waals surface area contributed by atoms with Gasteiger partial charge in [0.05, 0.1) is 0 Å². The minimum atomic E-state index is -0.388. The zero-order valence-electron chi connectivity index (χ0n) is 10.7. The van der Waals surface area contributed by atoms with Crippen LogP contribution in [0.5, 0.6) is 5.75 Å². The number of nitrogens with one attached hydrogen (secondary N) is 2. The summed E-state index contributed by atoms with van der Waals surface area (Å²) in [6.45, 7) is 3.04. The van der Waals surface area contributed by atoms with Gasteiger partial charge in [0.25, 0.3) is 0 Å². The van der Waals surface area contributed by atoms with Gasteiger partial charge >= 0.3 is 6.09 Å². The van der Waals surface area contributed by atoms with Crippen LogP contribution in [0.3, 0.4) is 0 Å². The molecule has 4 nitrogen and oxygen atoms in total. The van der Waals surface area contributed by atoms with Crippen LogP contribution >= 0.6 is 0 Å². The normalized spacial score (nSPS) is 21.1. The molecule has 1 aromatic carbocycles. The average molecular weight is 248 g/mol. The summed E-state index contributed by atoms with van der Waals surface area (Å²) in [6, 6.07) is 9.54. The average Bonchev–Trinajstić information content (AvgIpc) is 2.40. The monoisotopic (exact) mass is 248 g/mol. The van der Waals surface area contributed by atoms with Crippen LogP contribution in [0.2, 0.25) is 0 Å². The summed E-state index contributed by atoms with van der Waals surface area (Å²) in [4.78, 5) is 11.7. The fourth-order valence-corrected chi connectivity index (χ4v) is 2.22. The number of hydrogen-bond donors (Lipinski definition) is 2. The summed E-state index contributed by atoms with van der Waals surface area (Å²) >= 11 is 0. The Kier molecular flexibility index (Phi) is 4.59. The first-order valence-corrected chi connectivity index (χ1v) is 6.52. The predicted molar refractivity (Wildman–Crippen MR) is 70.7 cm³/mol. The van der Waals surface area contributed by atoms with E-state index in [2.05, 4.69) is 10.6 Å². The van der Waals surface area contributed by atoms with Crippen LogP contribution in [0.25, 0.3) is 0 Å². The second-order valence-electron chi connectivity index (χ2n) is 4.69. The highest BCUT2D eigenvalue weighted by molar-refractivity contribution is 5.70. The molecule has 2 N–H and O–H groups in total. The molecule has 0 aliphatic carbocycles. The van der Waals surface area contributed by atoms with Gasteiger partial charge in [0.1, 0.15) is 5.75 Å². The molecule has 2 rings (SSSR count). The first-order chi connectivity index (χ1) is 8.75. The maximum atomic E-state index is 11.7. The van der Waals surface area contributed by atoms with Crippen molar-refractivity contribution in [2.45, 2.75) is 38.3 Å². The molecule has 1 aromatic rings. The summed E-state index contributed by atoms with van der Waals surface area (Å²) in [5, 5.41) is 6.29. The van der Waals surface area contributed by atoms with Crippen molar-refractivity contribution in [3.63, 3.8) is 0 Å². The molecule has 1 amide bonds.